The molecular formula is C23H23NO5. The van der Waals surface area contributed by atoms with Gasteiger partial charge in [-0.05, 0) is 60.9 Å². The number of ketones is 1. The molecule has 0 bridgehead atoms. The molecule has 1 unspecified atom stereocenters. The molecule has 0 N–H and O–H groups in total. The molecule has 6 nitrogen and oxygen atoms in total. The zero-order valence-corrected chi connectivity index (χ0v) is 16.7. The van der Waals surface area contributed by atoms with E-state index in [1.54, 1.807) is 49.3 Å². The van der Waals surface area contributed by atoms with Crippen LogP contribution in [0.25, 0.3) is 6.08 Å². The molecule has 0 radical (unpaired) electrons. The highest BCUT2D eigenvalue weighted by molar-refractivity contribution is 6.02. The molecule has 0 aromatic heterocycles. The van der Waals surface area contributed by atoms with Gasteiger partial charge in [0.05, 0.1) is 7.11 Å². The lowest BCUT2D eigenvalue weighted by Crippen LogP contribution is -2.26. The first-order chi connectivity index (χ1) is 13.9. The Morgan fingerprint density at radius 3 is 2.66 bits per heavy atom. The molecule has 3 rings (SSSR count). The Morgan fingerprint density at radius 1 is 1.14 bits per heavy atom. The zero-order valence-electron chi connectivity index (χ0n) is 16.7. The minimum atomic E-state index is -0.916. The number of hydrogen-bond donors (Lipinski definition) is 0. The first-order valence-corrected chi connectivity index (χ1v) is 9.37. The molecule has 0 spiro atoms. The van der Waals surface area contributed by atoms with Gasteiger partial charge in [-0.2, -0.15) is 0 Å². The molecule has 1 aliphatic rings. The van der Waals surface area contributed by atoms with Crippen molar-refractivity contribution >= 4 is 29.4 Å². The van der Waals surface area contributed by atoms with Gasteiger partial charge in [0.1, 0.15) is 5.75 Å². The van der Waals surface area contributed by atoms with Crippen molar-refractivity contribution in [1.29, 1.82) is 0 Å². The lowest BCUT2D eigenvalue weighted by molar-refractivity contribution is -0.140. The van der Waals surface area contributed by atoms with Crippen molar-refractivity contribution in [3.8, 4) is 5.75 Å². The van der Waals surface area contributed by atoms with Gasteiger partial charge in [-0.1, -0.05) is 12.1 Å². The van der Waals surface area contributed by atoms with E-state index in [1.165, 1.54) is 13.0 Å². The molecule has 1 heterocycles. The number of nitrogens with zero attached hydrogens (tertiary/aromatic N) is 1. The van der Waals surface area contributed by atoms with Gasteiger partial charge in [0.2, 0.25) is 11.7 Å². The fourth-order valence-corrected chi connectivity index (χ4v) is 3.29. The van der Waals surface area contributed by atoms with E-state index in [-0.39, 0.29) is 11.7 Å². The maximum absolute atomic E-state index is 12.7. The van der Waals surface area contributed by atoms with Crippen molar-refractivity contribution < 1.29 is 23.9 Å². The summed E-state index contributed by atoms with van der Waals surface area (Å²) in [6.07, 6.45) is 2.67. The molecule has 1 amide bonds. The molecule has 0 saturated heterocycles. The number of anilines is 1. The SMILES string of the molecule is COc1cccc(/C=C/C(=O)OC(C)C(=O)c2ccc3c(c2)CCN3C(C)=O)c1. The van der Waals surface area contributed by atoms with E-state index in [9.17, 15) is 14.4 Å². The van der Waals surface area contributed by atoms with Gasteiger partial charge in [0, 0.05) is 30.8 Å². The second kappa shape index (κ2) is 8.73. The summed E-state index contributed by atoms with van der Waals surface area (Å²) in [4.78, 5) is 38.1. The third kappa shape index (κ3) is 4.71. The first-order valence-electron chi connectivity index (χ1n) is 9.37. The highest BCUT2D eigenvalue weighted by atomic mass is 16.5. The number of fused-ring (bicyclic) bond motifs is 1. The number of rotatable bonds is 6. The molecule has 0 fully saturated rings. The number of ether oxygens (including phenoxy) is 2. The van der Waals surface area contributed by atoms with Crippen LogP contribution in [0.4, 0.5) is 5.69 Å². The van der Waals surface area contributed by atoms with Gasteiger partial charge in [-0.3, -0.25) is 9.59 Å². The number of carbonyl (C=O) groups is 3. The number of Topliss-reactive ketones (excluding diaryl/α,β-unsaturated/α-hetero) is 1. The van der Waals surface area contributed by atoms with Gasteiger partial charge in [-0.15, -0.1) is 0 Å². The molecule has 1 aliphatic heterocycles. The number of hydrogen-bond acceptors (Lipinski definition) is 5. The second-order valence-corrected chi connectivity index (χ2v) is 6.82. The molecule has 150 valence electrons. The Hall–Kier alpha value is -3.41. The van der Waals surface area contributed by atoms with E-state index in [1.807, 2.05) is 18.2 Å². The van der Waals surface area contributed by atoms with Gasteiger partial charge in [-0.25, -0.2) is 4.79 Å². The number of carbonyl (C=O) groups excluding carboxylic acids is 3. The predicted molar refractivity (Wildman–Crippen MR) is 110 cm³/mol. The summed E-state index contributed by atoms with van der Waals surface area (Å²) in [5.74, 6) is -0.216. The lowest BCUT2D eigenvalue weighted by Gasteiger charge is -2.15. The van der Waals surface area contributed by atoms with Gasteiger partial charge in [0.25, 0.3) is 0 Å². The van der Waals surface area contributed by atoms with E-state index in [4.69, 9.17) is 9.47 Å². The van der Waals surface area contributed by atoms with Crippen LogP contribution in [0.1, 0.15) is 35.3 Å². The van der Waals surface area contributed by atoms with E-state index in [0.717, 1.165) is 16.8 Å². The summed E-state index contributed by atoms with van der Waals surface area (Å²) in [5, 5.41) is 0. The van der Waals surface area contributed by atoms with Crippen LogP contribution >= 0.6 is 0 Å². The second-order valence-electron chi connectivity index (χ2n) is 6.82. The fraction of sp³-hybridized carbons (Fsp3) is 0.261. The van der Waals surface area contributed by atoms with E-state index >= 15 is 0 Å². The van der Waals surface area contributed by atoms with Crippen LogP contribution in [0.15, 0.2) is 48.5 Å². The average molecular weight is 393 g/mol. The van der Waals surface area contributed by atoms with Crippen molar-refractivity contribution in [3.05, 3.63) is 65.2 Å². The Balaban J connectivity index is 1.64. The largest absolute Gasteiger partial charge is 0.497 e. The highest BCUT2D eigenvalue weighted by Gasteiger charge is 2.25. The summed E-state index contributed by atoms with van der Waals surface area (Å²) in [6.45, 7) is 3.69. The third-order valence-corrected chi connectivity index (χ3v) is 4.81. The van der Waals surface area contributed by atoms with Crippen LogP contribution in [0, 0.1) is 0 Å². The Bertz CT molecular complexity index is 979. The average Bonchev–Trinajstić information content (AvgIpc) is 3.15. The fourth-order valence-electron chi connectivity index (χ4n) is 3.29. The van der Waals surface area contributed by atoms with Crippen molar-refractivity contribution in [2.45, 2.75) is 26.4 Å². The molecule has 0 saturated carbocycles. The first kappa shape index (κ1) is 20.3. The molecule has 2 aromatic carbocycles. The Labute approximate surface area is 169 Å². The zero-order chi connectivity index (χ0) is 21.0. The lowest BCUT2D eigenvalue weighted by atomic mass is 10.0. The quantitative estimate of drug-likeness (QED) is 0.427. The number of methoxy groups -OCH3 is 1. The van der Waals surface area contributed by atoms with Crippen LogP contribution in [-0.2, 0) is 20.7 Å². The molecule has 1 atom stereocenters. The van der Waals surface area contributed by atoms with E-state index in [2.05, 4.69) is 0 Å². The minimum Gasteiger partial charge on any atom is -0.497 e. The van der Waals surface area contributed by atoms with Crippen molar-refractivity contribution in [2.24, 2.45) is 0 Å². The van der Waals surface area contributed by atoms with Gasteiger partial charge < -0.3 is 14.4 Å². The summed E-state index contributed by atoms with van der Waals surface area (Å²) in [5.41, 5.74) is 3.03. The molecular weight excluding hydrogens is 370 g/mol. The molecule has 29 heavy (non-hydrogen) atoms. The van der Waals surface area contributed by atoms with Crippen LogP contribution in [0.5, 0.6) is 5.75 Å². The normalized spacial score (nSPS) is 13.8. The summed E-state index contributed by atoms with van der Waals surface area (Å²) in [6, 6.07) is 12.5. The van der Waals surface area contributed by atoms with E-state index < -0.39 is 12.1 Å². The maximum atomic E-state index is 12.7. The van der Waals surface area contributed by atoms with Crippen molar-refractivity contribution in [3.63, 3.8) is 0 Å². The standard InChI is InChI=1S/C23H23NO5/c1-15(29-22(26)10-7-17-5-4-6-20(13-17)28-3)23(27)19-8-9-21-18(14-19)11-12-24(21)16(2)25/h4-10,13-15H,11-12H2,1-3H3/b10-7+. The van der Waals surface area contributed by atoms with Gasteiger partial charge >= 0.3 is 5.97 Å². The number of benzene rings is 2. The summed E-state index contributed by atoms with van der Waals surface area (Å²) >= 11 is 0. The Morgan fingerprint density at radius 2 is 1.93 bits per heavy atom. The van der Waals surface area contributed by atoms with Crippen LogP contribution < -0.4 is 9.64 Å². The van der Waals surface area contributed by atoms with Crippen molar-refractivity contribution in [2.75, 3.05) is 18.6 Å². The maximum Gasteiger partial charge on any atom is 0.331 e. The number of amides is 1. The Kier molecular flexibility index (Phi) is 6.12. The summed E-state index contributed by atoms with van der Waals surface area (Å²) in [7, 11) is 1.57. The smallest absolute Gasteiger partial charge is 0.331 e. The van der Waals surface area contributed by atoms with Crippen molar-refractivity contribution in [1.82, 2.24) is 0 Å². The predicted octanol–water partition coefficient (Wildman–Crippen LogP) is 3.43. The minimum absolute atomic E-state index is 0.0204. The highest BCUT2D eigenvalue weighted by Crippen LogP contribution is 2.29. The van der Waals surface area contributed by atoms with Crippen LogP contribution in [-0.4, -0.2) is 37.4 Å². The topological polar surface area (TPSA) is 72.9 Å². The van der Waals surface area contributed by atoms with Gasteiger partial charge in [0.15, 0.2) is 6.10 Å². The van der Waals surface area contributed by atoms with Crippen LogP contribution in [0.2, 0.25) is 0 Å². The number of esters is 1. The monoisotopic (exact) mass is 393 g/mol. The summed E-state index contributed by atoms with van der Waals surface area (Å²) < 4.78 is 10.4. The molecule has 0 aliphatic carbocycles. The third-order valence-electron chi connectivity index (χ3n) is 4.81. The van der Waals surface area contributed by atoms with E-state index in [0.29, 0.717) is 24.3 Å². The molecule has 2 aromatic rings. The molecule has 6 heteroatoms. The van der Waals surface area contributed by atoms with Crippen LogP contribution in [0.3, 0.4) is 0 Å².